The number of likely N-dealkylation sites (N-methyl/N-ethyl adjacent to an activating group) is 1. The summed E-state index contributed by atoms with van der Waals surface area (Å²) in [7, 11) is 2.16. The van der Waals surface area contributed by atoms with Crippen molar-refractivity contribution in [2.75, 3.05) is 20.1 Å². The molecule has 2 atom stereocenters. The van der Waals surface area contributed by atoms with Gasteiger partial charge >= 0.3 is 0 Å². The van der Waals surface area contributed by atoms with Crippen molar-refractivity contribution in [3.63, 3.8) is 0 Å². The summed E-state index contributed by atoms with van der Waals surface area (Å²) in [6.45, 7) is 1.62. The van der Waals surface area contributed by atoms with Gasteiger partial charge in [0.25, 0.3) is 0 Å². The highest BCUT2D eigenvalue weighted by atomic mass is 35.5. The van der Waals surface area contributed by atoms with Crippen molar-refractivity contribution in [3.05, 3.63) is 128 Å². The highest BCUT2D eigenvalue weighted by Gasteiger charge is 2.42. The van der Waals surface area contributed by atoms with Crippen LogP contribution in [0, 0.1) is 11.6 Å². The molecule has 1 unspecified atom stereocenters. The number of hydrogen-bond donors (Lipinski definition) is 1. The molecular formula is C29H23ClF2N3S+. The van der Waals surface area contributed by atoms with Gasteiger partial charge in [0, 0.05) is 21.6 Å². The summed E-state index contributed by atoms with van der Waals surface area (Å²) < 4.78 is 27.4. The van der Waals surface area contributed by atoms with E-state index in [2.05, 4.69) is 23.4 Å². The molecule has 3 nitrogen and oxygen atoms in total. The molecule has 0 aliphatic carbocycles. The molecule has 7 heteroatoms. The van der Waals surface area contributed by atoms with Gasteiger partial charge in [-0.15, -0.1) is 0 Å². The lowest BCUT2D eigenvalue weighted by Gasteiger charge is -2.40. The van der Waals surface area contributed by atoms with Crippen LogP contribution >= 0.6 is 23.4 Å². The van der Waals surface area contributed by atoms with Gasteiger partial charge in [-0.3, -0.25) is 0 Å². The van der Waals surface area contributed by atoms with E-state index < -0.39 is 0 Å². The van der Waals surface area contributed by atoms with Gasteiger partial charge in [0.2, 0.25) is 0 Å². The topological polar surface area (TPSA) is 20.0 Å². The number of benzene rings is 3. The molecule has 0 saturated carbocycles. The molecular weight excluding hydrogens is 496 g/mol. The van der Waals surface area contributed by atoms with Gasteiger partial charge < -0.3 is 9.80 Å². The number of nitrogens with one attached hydrogen (secondary N) is 1. The van der Waals surface area contributed by atoms with Gasteiger partial charge in [-0.2, -0.15) is 0 Å². The summed E-state index contributed by atoms with van der Waals surface area (Å²) in [4.78, 5) is 8.75. The Morgan fingerprint density at radius 1 is 0.944 bits per heavy atom. The molecule has 0 fully saturated rings. The quantitative estimate of drug-likeness (QED) is 0.463. The van der Waals surface area contributed by atoms with Crippen molar-refractivity contribution in [2.45, 2.75) is 6.04 Å². The van der Waals surface area contributed by atoms with Crippen molar-refractivity contribution < 1.29 is 13.7 Å². The fraction of sp³-hybridized carbons (Fsp3) is 0.138. The maximum absolute atomic E-state index is 13.9. The summed E-state index contributed by atoms with van der Waals surface area (Å²) in [6.07, 6.45) is 2.10. The standard InChI is InChI=1S/C29H22ClF2N3S/c1-34-15-21(14-18-2-10-23(31)11-3-18)27-25(16-34)28(20-6-12-24(32)13-7-20)35-26(17-36-29(35)33-27)19-4-8-22(30)9-5-19/h2-14,17,28H,15-16H2,1H3/p+1/b21-14+/t28-/m1/s1. The SMILES string of the molecule is C[NH+]1CC2=C(N=C3SC=C(c4ccc(Cl)cc4)N3[C@@H]2c2ccc(F)cc2)/C(=C/c2ccc(F)cc2)C1. The summed E-state index contributed by atoms with van der Waals surface area (Å²) >= 11 is 7.75. The average Bonchev–Trinajstić information content (AvgIpc) is 3.29. The lowest BCUT2D eigenvalue weighted by atomic mass is 9.88. The van der Waals surface area contributed by atoms with Crippen LogP contribution in [0.15, 0.2) is 100 Å². The van der Waals surface area contributed by atoms with Crippen LogP contribution in [0.25, 0.3) is 11.8 Å². The van der Waals surface area contributed by atoms with E-state index in [1.807, 2.05) is 36.4 Å². The molecule has 0 bridgehead atoms. The van der Waals surface area contributed by atoms with E-state index in [0.29, 0.717) is 5.02 Å². The third-order valence-corrected chi connectivity index (χ3v) is 7.76. The van der Waals surface area contributed by atoms with E-state index in [0.717, 1.165) is 51.9 Å². The number of quaternary nitrogens is 1. The van der Waals surface area contributed by atoms with Crippen LogP contribution in [0.2, 0.25) is 5.02 Å². The Morgan fingerprint density at radius 3 is 2.31 bits per heavy atom. The van der Waals surface area contributed by atoms with Crippen LogP contribution in [-0.4, -0.2) is 30.2 Å². The smallest absolute Gasteiger partial charge is 0.174 e. The first kappa shape index (κ1) is 23.2. The Kier molecular flexibility index (Phi) is 6.04. The number of halogens is 3. The first-order chi connectivity index (χ1) is 17.5. The van der Waals surface area contributed by atoms with Gasteiger partial charge in [-0.25, -0.2) is 13.8 Å². The third-order valence-electron chi connectivity index (χ3n) is 6.67. The number of amidine groups is 1. The predicted octanol–water partition coefficient (Wildman–Crippen LogP) is 5.94. The lowest BCUT2D eigenvalue weighted by molar-refractivity contribution is -0.871. The molecule has 3 aromatic carbocycles. The molecule has 0 radical (unpaired) electrons. The molecule has 3 aliphatic heterocycles. The van der Waals surface area contributed by atoms with Crippen LogP contribution in [-0.2, 0) is 0 Å². The van der Waals surface area contributed by atoms with E-state index >= 15 is 0 Å². The average molecular weight is 519 g/mol. The highest BCUT2D eigenvalue weighted by molar-refractivity contribution is 8.16. The van der Waals surface area contributed by atoms with Crippen molar-refractivity contribution in [1.82, 2.24) is 4.90 Å². The fourth-order valence-corrected chi connectivity index (χ4v) is 6.12. The van der Waals surface area contributed by atoms with E-state index in [1.54, 1.807) is 23.9 Å². The minimum Gasteiger partial charge on any atom is -0.330 e. The van der Waals surface area contributed by atoms with Crippen molar-refractivity contribution >= 4 is 40.3 Å². The summed E-state index contributed by atoms with van der Waals surface area (Å²) in [5.74, 6) is -0.512. The molecule has 36 heavy (non-hydrogen) atoms. The predicted molar refractivity (Wildman–Crippen MR) is 143 cm³/mol. The zero-order valence-corrected chi connectivity index (χ0v) is 21.1. The first-order valence-electron chi connectivity index (χ1n) is 11.7. The normalized spacial score (nSPS) is 22.3. The maximum Gasteiger partial charge on any atom is 0.174 e. The van der Waals surface area contributed by atoms with Gasteiger partial charge in [0.15, 0.2) is 5.17 Å². The van der Waals surface area contributed by atoms with Crippen molar-refractivity contribution in [2.24, 2.45) is 4.99 Å². The van der Waals surface area contributed by atoms with Crippen LogP contribution in [0.5, 0.6) is 0 Å². The van der Waals surface area contributed by atoms with Crippen molar-refractivity contribution in [3.8, 4) is 0 Å². The number of thioether (sulfide) groups is 1. The molecule has 180 valence electrons. The monoisotopic (exact) mass is 518 g/mol. The van der Waals surface area contributed by atoms with Gasteiger partial charge in [0.1, 0.15) is 24.7 Å². The summed E-state index contributed by atoms with van der Waals surface area (Å²) in [5, 5.41) is 3.69. The second-order valence-corrected chi connectivity index (χ2v) is 10.5. The van der Waals surface area contributed by atoms with Crippen LogP contribution < -0.4 is 4.90 Å². The van der Waals surface area contributed by atoms with Crippen LogP contribution in [0.1, 0.15) is 22.7 Å². The molecule has 6 rings (SSSR count). The molecule has 3 heterocycles. The zero-order chi connectivity index (χ0) is 24.8. The number of rotatable bonds is 3. The molecule has 0 aromatic heterocycles. The Hall–Kier alpha value is -3.19. The van der Waals surface area contributed by atoms with Gasteiger partial charge in [-0.1, -0.05) is 59.8 Å². The Balaban J connectivity index is 1.50. The van der Waals surface area contributed by atoms with E-state index in [1.165, 1.54) is 34.7 Å². The number of fused-ring (bicyclic) bond motifs is 1. The van der Waals surface area contributed by atoms with E-state index in [4.69, 9.17) is 16.6 Å². The Bertz CT molecular complexity index is 1440. The van der Waals surface area contributed by atoms with E-state index in [-0.39, 0.29) is 17.7 Å². The Labute approximate surface area is 218 Å². The fourth-order valence-electron chi connectivity index (χ4n) is 5.07. The summed E-state index contributed by atoms with van der Waals surface area (Å²) in [6, 6.07) is 21.0. The van der Waals surface area contributed by atoms with Crippen LogP contribution in [0.4, 0.5) is 8.78 Å². The highest BCUT2D eigenvalue weighted by Crippen LogP contribution is 2.48. The minimum atomic E-state index is -0.259. The second kappa shape index (κ2) is 9.36. The van der Waals surface area contributed by atoms with E-state index in [9.17, 15) is 8.78 Å². The third kappa shape index (κ3) is 4.30. The second-order valence-electron chi connectivity index (χ2n) is 9.25. The number of aliphatic imine (C=N–C) groups is 1. The molecule has 0 saturated heterocycles. The first-order valence-corrected chi connectivity index (χ1v) is 13.0. The lowest BCUT2D eigenvalue weighted by Crippen LogP contribution is -3.10. The Morgan fingerprint density at radius 2 is 1.61 bits per heavy atom. The summed E-state index contributed by atoms with van der Waals surface area (Å²) in [5.41, 5.74) is 7.31. The molecule has 3 aromatic rings. The maximum atomic E-state index is 13.9. The molecule has 0 amide bonds. The largest absolute Gasteiger partial charge is 0.330 e. The van der Waals surface area contributed by atoms with Gasteiger partial charge in [0.05, 0.1) is 24.5 Å². The number of hydrogen-bond acceptors (Lipinski definition) is 3. The molecule has 0 spiro atoms. The molecule has 3 aliphatic rings. The van der Waals surface area contributed by atoms with Crippen molar-refractivity contribution in [1.29, 1.82) is 0 Å². The minimum absolute atomic E-state index is 0.128. The number of nitrogens with zero attached hydrogens (tertiary/aromatic N) is 2. The van der Waals surface area contributed by atoms with Gasteiger partial charge in [-0.05, 0) is 59.2 Å². The van der Waals surface area contributed by atoms with Crippen LogP contribution in [0.3, 0.4) is 0 Å². The molecule has 1 N–H and O–H groups in total. The zero-order valence-electron chi connectivity index (χ0n) is 19.5.